The number of alkyl halides is 3. The van der Waals surface area contributed by atoms with Crippen LogP contribution in [0, 0.1) is 0 Å². The average molecular weight is 283 g/mol. The van der Waals surface area contributed by atoms with Gasteiger partial charge in [-0.3, -0.25) is 0 Å². The Morgan fingerprint density at radius 2 is 2.16 bits per heavy atom. The number of ether oxygens (including phenoxy) is 3. The zero-order valence-electron chi connectivity index (χ0n) is 10.8. The molecular weight excluding hydrogens is 263 g/mol. The quantitative estimate of drug-likeness (QED) is 0.776. The van der Waals surface area contributed by atoms with Crippen LogP contribution in [0.3, 0.4) is 0 Å². The predicted molar refractivity (Wildman–Crippen MR) is 62.0 cm³/mol. The summed E-state index contributed by atoms with van der Waals surface area (Å²) in [5, 5.41) is 3.23. The fourth-order valence-electron chi connectivity index (χ4n) is 2.59. The minimum Gasteiger partial charge on any atom is -0.378 e. The van der Waals surface area contributed by atoms with Gasteiger partial charge in [0.05, 0.1) is 18.8 Å². The maximum absolute atomic E-state index is 11.9. The third-order valence-electron chi connectivity index (χ3n) is 3.51. The molecule has 2 saturated heterocycles. The normalized spacial score (nSPS) is 32.1. The van der Waals surface area contributed by atoms with Crippen molar-refractivity contribution >= 4 is 0 Å². The molecule has 0 radical (unpaired) electrons. The van der Waals surface area contributed by atoms with E-state index in [4.69, 9.17) is 9.47 Å². The van der Waals surface area contributed by atoms with Crippen molar-refractivity contribution in [2.75, 3.05) is 39.6 Å². The highest BCUT2D eigenvalue weighted by molar-refractivity contribution is 4.92. The van der Waals surface area contributed by atoms with Crippen molar-refractivity contribution in [1.29, 1.82) is 0 Å². The summed E-state index contributed by atoms with van der Waals surface area (Å²) in [5.74, 6) is 0. The van der Waals surface area contributed by atoms with E-state index in [2.05, 4.69) is 10.1 Å². The van der Waals surface area contributed by atoms with Crippen molar-refractivity contribution in [3.63, 3.8) is 0 Å². The molecule has 112 valence electrons. The summed E-state index contributed by atoms with van der Waals surface area (Å²) in [5.41, 5.74) is -0.178. The minimum atomic E-state index is -4.25. The van der Waals surface area contributed by atoms with Gasteiger partial charge in [-0.1, -0.05) is 0 Å². The molecule has 2 rings (SSSR count). The van der Waals surface area contributed by atoms with Crippen LogP contribution in [0.25, 0.3) is 0 Å². The summed E-state index contributed by atoms with van der Waals surface area (Å²) >= 11 is 0. The molecule has 2 unspecified atom stereocenters. The Hall–Kier alpha value is -0.370. The summed E-state index contributed by atoms with van der Waals surface area (Å²) in [7, 11) is 0. The van der Waals surface area contributed by atoms with Crippen molar-refractivity contribution in [2.24, 2.45) is 0 Å². The lowest BCUT2D eigenvalue weighted by Gasteiger charge is -2.37. The first-order chi connectivity index (χ1) is 8.99. The Morgan fingerprint density at radius 3 is 2.84 bits per heavy atom. The summed E-state index contributed by atoms with van der Waals surface area (Å²) in [6.07, 6.45) is -1.62. The van der Waals surface area contributed by atoms with E-state index in [1.807, 2.05) is 0 Å². The highest BCUT2D eigenvalue weighted by Crippen LogP contribution is 2.32. The lowest BCUT2D eigenvalue weighted by Crippen LogP contribution is -2.48. The van der Waals surface area contributed by atoms with Crippen LogP contribution in [-0.2, 0) is 14.2 Å². The van der Waals surface area contributed by atoms with E-state index in [-0.39, 0.29) is 18.2 Å². The molecule has 2 atom stereocenters. The molecular formula is C12H20F3NO3. The van der Waals surface area contributed by atoms with Gasteiger partial charge in [0.15, 0.2) is 0 Å². The summed E-state index contributed by atoms with van der Waals surface area (Å²) < 4.78 is 51.3. The van der Waals surface area contributed by atoms with Gasteiger partial charge in [-0.05, 0) is 12.8 Å². The molecule has 19 heavy (non-hydrogen) atoms. The first-order valence-corrected chi connectivity index (χ1v) is 6.59. The summed E-state index contributed by atoms with van der Waals surface area (Å²) in [4.78, 5) is 0. The van der Waals surface area contributed by atoms with Gasteiger partial charge in [0.25, 0.3) is 0 Å². The molecule has 0 bridgehead atoms. The zero-order valence-corrected chi connectivity index (χ0v) is 10.8. The van der Waals surface area contributed by atoms with Crippen molar-refractivity contribution in [3.8, 4) is 0 Å². The van der Waals surface area contributed by atoms with Gasteiger partial charge in [0, 0.05) is 32.2 Å². The lowest BCUT2D eigenvalue weighted by molar-refractivity contribution is -0.173. The monoisotopic (exact) mass is 283 g/mol. The Bertz CT molecular complexity index is 280. The fourth-order valence-corrected chi connectivity index (χ4v) is 2.59. The van der Waals surface area contributed by atoms with Crippen LogP contribution >= 0.6 is 0 Å². The molecule has 0 aromatic rings. The number of rotatable bonds is 5. The van der Waals surface area contributed by atoms with Gasteiger partial charge in [-0.25, -0.2) is 0 Å². The largest absolute Gasteiger partial charge is 0.411 e. The minimum absolute atomic E-state index is 0.0698. The molecule has 1 N–H and O–H groups in total. The summed E-state index contributed by atoms with van der Waals surface area (Å²) in [6, 6.07) is 0.268. The number of hydrogen-bond donors (Lipinski definition) is 1. The Balaban J connectivity index is 1.61. The molecule has 0 aliphatic carbocycles. The van der Waals surface area contributed by atoms with E-state index in [0.29, 0.717) is 19.8 Å². The van der Waals surface area contributed by atoms with Gasteiger partial charge in [-0.2, -0.15) is 13.2 Å². The van der Waals surface area contributed by atoms with Crippen LogP contribution in [0.15, 0.2) is 0 Å². The van der Waals surface area contributed by atoms with E-state index < -0.39 is 12.8 Å². The van der Waals surface area contributed by atoms with Crippen molar-refractivity contribution in [1.82, 2.24) is 5.32 Å². The molecule has 2 heterocycles. The van der Waals surface area contributed by atoms with E-state index in [0.717, 1.165) is 25.9 Å². The Labute approximate surface area is 110 Å². The van der Waals surface area contributed by atoms with Crippen LogP contribution in [0.2, 0.25) is 0 Å². The van der Waals surface area contributed by atoms with Gasteiger partial charge in [0.1, 0.15) is 6.61 Å². The number of nitrogens with one attached hydrogen (secondary N) is 1. The van der Waals surface area contributed by atoms with Crippen molar-refractivity contribution < 1.29 is 27.4 Å². The van der Waals surface area contributed by atoms with Crippen LogP contribution in [0.5, 0.6) is 0 Å². The van der Waals surface area contributed by atoms with Crippen molar-refractivity contribution in [2.45, 2.75) is 37.1 Å². The van der Waals surface area contributed by atoms with E-state index in [1.54, 1.807) is 0 Å². The van der Waals surface area contributed by atoms with E-state index in [1.165, 1.54) is 0 Å². The van der Waals surface area contributed by atoms with Gasteiger partial charge >= 0.3 is 6.18 Å². The topological polar surface area (TPSA) is 39.7 Å². The number of hydrogen-bond acceptors (Lipinski definition) is 4. The average Bonchev–Trinajstić information content (AvgIpc) is 2.75. The van der Waals surface area contributed by atoms with Gasteiger partial charge in [-0.15, -0.1) is 0 Å². The predicted octanol–water partition coefficient (Wildman–Crippen LogP) is 1.49. The Kier molecular flexibility index (Phi) is 5.05. The van der Waals surface area contributed by atoms with Crippen LogP contribution in [0.4, 0.5) is 13.2 Å². The molecule has 2 aliphatic heterocycles. The van der Waals surface area contributed by atoms with Crippen molar-refractivity contribution in [3.05, 3.63) is 0 Å². The second-order valence-electron chi connectivity index (χ2n) is 5.15. The molecule has 2 aliphatic rings. The molecule has 1 spiro atoms. The molecule has 0 aromatic carbocycles. The highest BCUT2D eigenvalue weighted by Gasteiger charge is 2.40. The second-order valence-corrected chi connectivity index (χ2v) is 5.15. The highest BCUT2D eigenvalue weighted by atomic mass is 19.4. The SMILES string of the molecule is FC(F)(F)COCCNC1CCOC2(CCOC2)C1. The molecule has 4 nitrogen and oxygen atoms in total. The van der Waals surface area contributed by atoms with Crippen LogP contribution in [0.1, 0.15) is 19.3 Å². The third-order valence-corrected chi connectivity index (χ3v) is 3.51. The Morgan fingerprint density at radius 1 is 1.32 bits per heavy atom. The van der Waals surface area contributed by atoms with Gasteiger partial charge < -0.3 is 19.5 Å². The molecule has 0 aromatic heterocycles. The third kappa shape index (κ3) is 4.91. The number of halogens is 3. The second kappa shape index (κ2) is 6.39. The molecule has 0 saturated carbocycles. The van der Waals surface area contributed by atoms with Gasteiger partial charge in [0.2, 0.25) is 0 Å². The standard InChI is InChI=1S/C12H20F3NO3/c13-12(14,15)9-18-6-3-16-10-1-4-19-11(7-10)2-5-17-8-11/h10,16H,1-9H2. The first-order valence-electron chi connectivity index (χ1n) is 6.59. The van der Waals surface area contributed by atoms with Crippen LogP contribution < -0.4 is 5.32 Å². The lowest BCUT2D eigenvalue weighted by atomic mass is 9.90. The fraction of sp³-hybridized carbons (Fsp3) is 1.00. The smallest absolute Gasteiger partial charge is 0.378 e. The maximum Gasteiger partial charge on any atom is 0.411 e. The van der Waals surface area contributed by atoms with E-state index in [9.17, 15) is 13.2 Å². The maximum atomic E-state index is 11.9. The zero-order chi connectivity index (χ0) is 13.8. The van der Waals surface area contributed by atoms with E-state index >= 15 is 0 Å². The molecule has 7 heteroatoms. The molecule has 2 fully saturated rings. The first kappa shape index (κ1) is 15.0. The summed E-state index contributed by atoms with van der Waals surface area (Å²) in [6.45, 7) is 1.33. The van der Waals surface area contributed by atoms with Crippen LogP contribution in [-0.4, -0.2) is 57.4 Å². The molecule has 0 amide bonds.